The van der Waals surface area contributed by atoms with Gasteiger partial charge in [-0.25, -0.2) is 4.99 Å². The molecule has 10 heavy (non-hydrogen) atoms. The first-order valence-electron chi connectivity index (χ1n) is 3.08. The molecule has 0 aromatic heterocycles. The van der Waals surface area contributed by atoms with E-state index in [1.165, 1.54) is 6.34 Å². The Bertz CT molecular complexity index is 181. The molecule has 1 rings (SSSR count). The van der Waals surface area contributed by atoms with Crippen LogP contribution in [0.25, 0.3) is 0 Å². The molecule has 0 aromatic carbocycles. The summed E-state index contributed by atoms with van der Waals surface area (Å²) in [4.78, 5) is 7.93. The van der Waals surface area contributed by atoms with Crippen molar-refractivity contribution in [3.63, 3.8) is 0 Å². The molecule has 0 amide bonds. The zero-order chi connectivity index (χ0) is 7.61. The molecular formula is C6H8ClIN2. The van der Waals surface area contributed by atoms with Crippen LogP contribution in [0.15, 0.2) is 9.98 Å². The molecule has 2 nitrogen and oxygen atoms in total. The summed E-state index contributed by atoms with van der Waals surface area (Å²) in [6.07, 6.45) is 4.32. The van der Waals surface area contributed by atoms with Crippen LogP contribution in [0.4, 0.5) is 0 Å². The van der Waals surface area contributed by atoms with E-state index in [1.807, 2.05) is 6.21 Å². The Kier molecular flexibility index (Phi) is 2.68. The van der Waals surface area contributed by atoms with Crippen LogP contribution in [-0.4, -0.2) is 21.5 Å². The van der Waals surface area contributed by atoms with Gasteiger partial charge in [0.1, 0.15) is 11.8 Å². The third kappa shape index (κ3) is 1.50. The maximum atomic E-state index is 5.93. The number of halogens is 2. The van der Waals surface area contributed by atoms with E-state index in [0.29, 0.717) is 0 Å². The third-order valence-electron chi connectivity index (χ3n) is 1.49. The van der Waals surface area contributed by atoms with E-state index >= 15 is 0 Å². The van der Waals surface area contributed by atoms with E-state index in [1.54, 1.807) is 0 Å². The molecule has 0 saturated carbocycles. The van der Waals surface area contributed by atoms with Gasteiger partial charge in [0.05, 0.1) is 3.42 Å². The number of hydrogen-bond acceptors (Lipinski definition) is 2. The first kappa shape index (κ1) is 8.46. The minimum absolute atomic E-state index is 0.0753. The predicted molar refractivity (Wildman–Crippen MR) is 53.7 cm³/mol. The molecule has 1 aliphatic heterocycles. The summed E-state index contributed by atoms with van der Waals surface area (Å²) in [5, 5.41) is 0. The van der Waals surface area contributed by atoms with Crippen molar-refractivity contribution < 1.29 is 0 Å². The quantitative estimate of drug-likeness (QED) is 0.397. The molecule has 0 bridgehead atoms. The van der Waals surface area contributed by atoms with Crippen LogP contribution in [0, 0.1) is 0 Å². The Balaban J connectivity index is 2.77. The van der Waals surface area contributed by atoms with Gasteiger partial charge in [-0.05, 0) is 6.42 Å². The van der Waals surface area contributed by atoms with E-state index in [9.17, 15) is 0 Å². The van der Waals surface area contributed by atoms with Crippen LogP contribution in [0.1, 0.15) is 13.3 Å². The van der Waals surface area contributed by atoms with Crippen molar-refractivity contribution in [2.45, 2.75) is 22.3 Å². The van der Waals surface area contributed by atoms with Gasteiger partial charge in [-0.1, -0.05) is 41.1 Å². The van der Waals surface area contributed by atoms with Crippen LogP contribution in [-0.2, 0) is 0 Å². The molecule has 0 N–H and O–H groups in total. The highest BCUT2D eigenvalue weighted by Gasteiger charge is 2.32. The number of aliphatic imine (C=N–C) groups is 2. The lowest BCUT2D eigenvalue weighted by Crippen LogP contribution is -2.34. The lowest BCUT2D eigenvalue weighted by Gasteiger charge is -2.25. The highest BCUT2D eigenvalue weighted by Crippen LogP contribution is 2.31. The van der Waals surface area contributed by atoms with Crippen molar-refractivity contribution in [2.24, 2.45) is 9.98 Å². The van der Waals surface area contributed by atoms with Crippen molar-refractivity contribution >= 4 is 46.7 Å². The van der Waals surface area contributed by atoms with Crippen LogP contribution in [0.3, 0.4) is 0 Å². The Morgan fingerprint density at radius 3 is 2.90 bits per heavy atom. The SMILES string of the molecule is CCC1(I)C=NC=NC1Cl. The number of alkyl halides is 2. The highest BCUT2D eigenvalue weighted by molar-refractivity contribution is 14.1. The molecule has 0 aromatic rings. The van der Waals surface area contributed by atoms with Gasteiger partial charge in [0.25, 0.3) is 0 Å². The lowest BCUT2D eigenvalue weighted by atomic mass is 10.1. The first-order valence-corrected chi connectivity index (χ1v) is 4.59. The van der Waals surface area contributed by atoms with Gasteiger partial charge in [-0.3, -0.25) is 4.99 Å². The molecule has 1 aliphatic rings. The summed E-state index contributed by atoms with van der Waals surface area (Å²) >= 11 is 8.21. The first-order chi connectivity index (χ1) is 4.69. The second-order valence-electron chi connectivity index (χ2n) is 2.16. The zero-order valence-corrected chi connectivity index (χ0v) is 8.50. The molecule has 0 spiro atoms. The lowest BCUT2D eigenvalue weighted by molar-refractivity contribution is 0.719. The molecule has 0 radical (unpaired) electrons. The van der Waals surface area contributed by atoms with Crippen molar-refractivity contribution in [3.8, 4) is 0 Å². The van der Waals surface area contributed by atoms with E-state index in [4.69, 9.17) is 11.6 Å². The Morgan fingerprint density at radius 1 is 1.80 bits per heavy atom. The average molecular weight is 271 g/mol. The van der Waals surface area contributed by atoms with Gasteiger partial charge in [-0.2, -0.15) is 0 Å². The molecular weight excluding hydrogens is 262 g/mol. The Labute approximate surface area is 78.9 Å². The van der Waals surface area contributed by atoms with Crippen LogP contribution >= 0.6 is 34.2 Å². The summed E-state index contributed by atoms with van der Waals surface area (Å²) in [7, 11) is 0. The van der Waals surface area contributed by atoms with Crippen LogP contribution < -0.4 is 0 Å². The van der Waals surface area contributed by atoms with E-state index in [0.717, 1.165) is 6.42 Å². The van der Waals surface area contributed by atoms with E-state index in [-0.39, 0.29) is 8.92 Å². The largest absolute Gasteiger partial charge is 0.252 e. The molecule has 2 atom stereocenters. The monoisotopic (exact) mass is 270 g/mol. The van der Waals surface area contributed by atoms with Gasteiger partial charge in [0.2, 0.25) is 0 Å². The molecule has 1 heterocycles. The second kappa shape index (κ2) is 3.17. The van der Waals surface area contributed by atoms with E-state index in [2.05, 4.69) is 39.5 Å². The van der Waals surface area contributed by atoms with Crippen molar-refractivity contribution in [1.29, 1.82) is 0 Å². The van der Waals surface area contributed by atoms with Crippen molar-refractivity contribution in [2.75, 3.05) is 0 Å². The fourth-order valence-electron chi connectivity index (χ4n) is 0.699. The number of nitrogens with zero attached hydrogens (tertiary/aromatic N) is 2. The van der Waals surface area contributed by atoms with Gasteiger partial charge in [0.15, 0.2) is 0 Å². The van der Waals surface area contributed by atoms with Crippen molar-refractivity contribution in [3.05, 3.63) is 0 Å². The maximum Gasteiger partial charge on any atom is 0.145 e. The van der Waals surface area contributed by atoms with Gasteiger partial charge in [-0.15, -0.1) is 0 Å². The number of hydrogen-bond donors (Lipinski definition) is 0. The van der Waals surface area contributed by atoms with Gasteiger partial charge in [0, 0.05) is 6.21 Å². The fourth-order valence-corrected chi connectivity index (χ4v) is 1.28. The van der Waals surface area contributed by atoms with Gasteiger partial charge < -0.3 is 0 Å². The fraction of sp³-hybridized carbons (Fsp3) is 0.667. The second-order valence-corrected chi connectivity index (χ2v) is 4.58. The van der Waals surface area contributed by atoms with Crippen LogP contribution in [0.5, 0.6) is 0 Å². The summed E-state index contributed by atoms with van der Waals surface area (Å²) < 4.78 is -0.0753. The molecule has 0 fully saturated rings. The molecule has 4 heteroatoms. The Hall–Kier alpha value is 0.360. The molecule has 2 unspecified atom stereocenters. The average Bonchev–Trinajstić information content (AvgIpc) is 1.96. The summed E-state index contributed by atoms with van der Waals surface area (Å²) in [6.45, 7) is 2.08. The van der Waals surface area contributed by atoms with E-state index < -0.39 is 0 Å². The van der Waals surface area contributed by atoms with Crippen molar-refractivity contribution in [1.82, 2.24) is 0 Å². The normalized spacial score (nSPS) is 38.5. The highest BCUT2D eigenvalue weighted by atomic mass is 127. The summed E-state index contributed by atoms with van der Waals surface area (Å²) in [5.41, 5.74) is -0.157. The minimum Gasteiger partial charge on any atom is -0.252 e. The zero-order valence-electron chi connectivity index (χ0n) is 5.59. The summed E-state index contributed by atoms with van der Waals surface area (Å²) in [5.74, 6) is 0. The predicted octanol–water partition coefficient (Wildman–Crippen LogP) is 2.25. The van der Waals surface area contributed by atoms with Crippen LogP contribution in [0.2, 0.25) is 0 Å². The number of rotatable bonds is 1. The standard InChI is InChI=1S/C6H8ClIN2/c1-2-6(8)3-9-4-10-5(6)7/h3-5H,2H2,1H3. The van der Waals surface area contributed by atoms with Gasteiger partial charge >= 0.3 is 0 Å². The minimum atomic E-state index is -0.157. The topological polar surface area (TPSA) is 24.7 Å². The summed E-state index contributed by atoms with van der Waals surface area (Å²) in [6, 6.07) is 0. The molecule has 0 saturated heterocycles. The third-order valence-corrected chi connectivity index (χ3v) is 3.99. The smallest absolute Gasteiger partial charge is 0.145 e. The molecule has 56 valence electrons. The molecule has 0 aliphatic carbocycles. The Morgan fingerprint density at radius 2 is 2.50 bits per heavy atom. The maximum absolute atomic E-state index is 5.93.